The minimum Gasteiger partial charge on any atom is -0.344 e. The van der Waals surface area contributed by atoms with Crippen LogP contribution in [0.1, 0.15) is 11.1 Å². The van der Waals surface area contributed by atoms with E-state index in [4.69, 9.17) is 0 Å². The van der Waals surface area contributed by atoms with Crippen molar-refractivity contribution in [1.82, 2.24) is 19.8 Å². The minimum atomic E-state index is -0.0525. The molecule has 0 bridgehead atoms. The summed E-state index contributed by atoms with van der Waals surface area (Å²) in [6.45, 7) is 3.21. The lowest BCUT2D eigenvalue weighted by Gasteiger charge is -2.23. The molecule has 1 unspecified atom stereocenters. The van der Waals surface area contributed by atoms with Gasteiger partial charge in [0, 0.05) is 58.0 Å². The summed E-state index contributed by atoms with van der Waals surface area (Å²) in [6, 6.07) is 16.5. The molecule has 1 atom stereocenters. The molecule has 0 aliphatic carbocycles. The van der Waals surface area contributed by atoms with Gasteiger partial charge in [0.1, 0.15) is 0 Å². The highest BCUT2D eigenvalue weighted by molar-refractivity contribution is 5.79. The van der Waals surface area contributed by atoms with Gasteiger partial charge in [-0.1, -0.05) is 36.4 Å². The Morgan fingerprint density at radius 2 is 1.69 bits per heavy atom. The highest BCUT2D eigenvalue weighted by Gasteiger charge is 2.28. The molecule has 148 valence electrons. The number of carbonyl (C=O) groups is 1. The van der Waals surface area contributed by atoms with E-state index < -0.39 is 0 Å². The molecule has 29 heavy (non-hydrogen) atoms. The van der Waals surface area contributed by atoms with Crippen LogP contribution in [0.3, 0.4) is 0 Å². The number of hydrogen-bond acceptors (Lipinski definition) is 4. The maximum Gasteiger partial charge on any atom is 0.227 e. The fourth-order valence-corrected chi connectivity index (χ4v) is 3.94. The van der Waals surface area contributed by atoms with Gasteiger partial charge in [0.25, 0.3) is 0 Å². The lowest BCUT2D eigenvalue weighted by atomic mass is 9.95. The molecule has 1 aromatic carbocycles. The highest BCUT2D eigenvalue weighted by Crippen LogP contribution is 2.23. The van der Waals surface area contributed by atoms with E-state index in [2.05, 4.69) is 51.3 Å². The zero-order valence-corrected chi connectivity index (χ0v) is 16.7. The fourth-order valence-electron chi connectivity index (χ4n) is 3.94. The molecule has 0 radical (unpaired) electrons. The van der Waals surface area contributed by atoms with Crippen LogP contribution in [0, 0.1) is 5.92 Å². The van der Waals surface area contributed by atoms with Crippen molar-refractivity contribution >= 4 is 5.91 Å². The zero-order valence-electron chi connectivity index (χ0n) is 16.7. The van der Waals surface area contributed by atoms with Crippen molar-refractivity contribution in [2.24, 2.45) is 5.92 Å². The number of nitrogens with zero attached hydrogens (tertiary/aromatic N) is 4. The van der Waals surface area contributed by atoms with Gasteiger partial charge in [0.15, 0.2) is 0 Å². The van der Waals surface area contributed by atoms with Crippen LogP contribution >= 0.6 is 0 Å². The van der Waals surface area contributed by atoms with Crippen molar-refractivity contribution in [3.05, 3.63) is 84.4 Å². The van der Waals surface area contributed by atoms with Crippen molar-refractivity contribution in [2.75, 3.05) is 26.7 Å². The van der Waals surface area contributed by atoms with Gasteiger partial charge in [-0.15, -0.1) is 0 Å². The van der Waals surface area contributed by atoms with E-state index in [1.807, 2.05) is 36.5 Å². The number of benzene rings is 1. The summed E-state index contributed by atoms with van der Waals surface area (Å²) in [6.07, 6.45) is 8.09. The van der Waals surface area contributed by atoms with Gasteiger partial charge >= 0.3 is 0 Å². The van der Waals surface area contributed by atoms with Crippen LogP contribution in [-0.4, -0.2) is 52.4 Å². The third kappa shape index (κ3) is 4.87. The molecule has 2 aromatic heterocycles. The predicted octanol–water partition coefficient (Wildman–Crippen LogP) is 3.28. The fraction of sp³-hybridized carbons (Fsp3) is 0.292. The van der Waals surface area contributed by atoms with E-state index in [0.29, 0.717) is 0 Å². The zero-order chi connectivity index (χ0) is 20.1. The van der Waals surface area contributed by atoms with E-state index in [0.717, 1.165) is 43.7 Å². The second kappa shape index (κ2) is 8.97. The van der Waals surface area contributed by atoms with E-state index in [1.165, 1.54) is 11.1 Å². The van der Waals surface area contributed by atoms with Gasteiger partial charge in [-0.2, -0.15) is 0 Å². The maximum absolute atomic E-state index is 13.0. The molecule has 1 aliphatic heterocycles. The average molecular weight is 386 g/mol. The van der Waals surface area contributed by atoms with Gasteiger partial charge in [-0.25, -0.2) is 0 Å². The molecule has 0 saturated carbocycles. The normalized spacial score (nSPS) is 17.9. The van der Waals surface area contributed by atoms with E-state index in [-0.39, 0.29) is 11.8 Å². The number of carbonyl (C=O) groups excluding carboxylic acids is 1. The summed E-state index contributed by atoms with van der Waals surface area (Å²) in [5, 5.41) is 0. The number of aromatic nitrogens is 2. The van der Waals surface area contributed by atoms with Crippen molar-refractivity contribution in [3.63, 3.8) is 0 Å². The van der Waals surface area contributed by atoms with E-state index in [9.17, 15) is 4.79 Å². The van der Waals surface area contributed by atoms with Gasteiger partial charge < -0.3 is 4.90 Å². The molecular formula is C24H26N4O. The smallest absolute Gasteiger partial charge is 0.227 e. The Bertz CT molecular complexity index is 945. The van der Waals surface area contributed by atoms with Crippen molar-refractivity contribution in [3.8, 4) is 11.1 Å². The van der Waals surface area contributed by atoms with Crippen LogP contribution in [0.2, 0.25) is 0 Å². The summed E-state index contributed by atoms with van der Waals surface area (Å²) in [5.74, 6) is 0.175. The predicted molar refractivity (Wildman–Crippen MR) is 114 cm³/mol. The van der Waals surface area contributed by atoms with Crippen molar-refractivity contribution in [1.29, 1.82) is 0 Å². The molecule has 3 heterocycles. The molecule has 1 saturated heterocycles. The first-order valence-electron chi connectivity index (χ1n) is 10.0. The lowest BCUT2D eigenvalue weighted by Crippen LogP contribution is -2.34. The summed E-state index contributed by atoms with van der Waals surface area (Å²) in [4.78, 5) is 25.7. The maximum atomic E-state index is 13.0. The summed E-state index contributed by atoms with van der Waals surface area (Å²) in [5.41, 5.74) is 4.59. The standard InChI is InChI=1S/C24H26N4O/c1-27-11-12-28(17-20-6-3-9-25-15-20)18-23(24(27)29)14-19-5-2-7-21(13-19)22-8-4-10-26-16-22/h2-10,13,15-16,23H,11-12,14,17-18H2,1H3. The number of amides is 1. The first-order valence-corrected chi connectivity index (χ1v) is 10.0. The Hall–Kier alpha value is -3.05. The van der Waals surface area contributed by atoms with Crippen LogP contribution < -0.4 is 0 Å². The average Bonchev–Trinajstić information content (AvgIpc) is 2.89. The summed E-state index contributed by atoms with van der Waals surface area (Å²) in [7, 11) is 1.91. The Labute approximate surface area is 172 Å². The second-order valence-electron chi connectivity index (χ2n) is 7.70. The largest absolute Gasteiger partial charge is 0.344 e. The Balaban J connectivity index is 1.52. The number of rotatable bonds is 5. The molecular weight excluding hydrogens is 360 g/mol. The SMILES string of the molecule is CN1CCN(Cc2cccnc2)CC(Cc2cccc(-c3cccnc3)c2)C1=O. The molecule has 1 fully saturated rings. The quantitative estimate of drug-likeness (QED) is 0.675. The van der Waals surface area contributed by atoms with E-state index >= 15 is 0 Å². The van der Waals surface area contributed by atoms with Crippen LogP contribution in [0.25, 0.3) is 11.1 Å². The van der Waals surface area contributed by atoms with Crippen molar-refractivity contribution < 1.29 is 4.79 Å². The Morgan fingerprint density at radius 3 is 2.45 bits per heavy atom. The molecule has 1 aliphatic rings. The first-order chi connectivity index (χ1) is 14.2. The monoisotopic (exact) mass is 386 g/mol. The minimum absolute atomic E-state index is 0.0525. The van der Waals surface area contributed by atoms with Gasteiger partial charge in [-0.05, 0) is 40.8 Å². The van der Waals surface area contributed by atoms with Crippen LogP contribution in [-0.2, 0) is 17.8 Å². The molecule has 0 spiro atoms. The van der Waals surface area contributed by atoms with Crippen LogP contribution in [0.5, 0.6) is 0 Å². The van der Waals surface area contributed by atoms with Gasteiger partial charge in [0.05, 0.1) is 5.92 Å². The Kier molecular flexibility index (Phi) is 5.96. The summed E-state index contributed by atoms with van der Waals surface area (Å²) >= 11 is 0. The van der Waals surface area contributed by atoms with Crippen LogP contribution in [0.15, 0.2) is 73.3 Å². The molecule has 5 nitrogen and oxygen atoms in total. The molecule has 4 rings (SSSR count). The number of pyridine rings is 2. The van der Waals surface area contributed by atoms with Crippen LogP contribution in [0.4, 0.5) is 0 Å². The number of hydrogen-bond donors (Lipinski definition) is 0. The highest BCUT2D eigenvalue weighted by atomic mass is 16.2. The third-order valence-electron chi connectivity index (χ3n) is 5.49. The second-order valence-corrected chi connectivity index (χ2v) is 7.70. The van der Waals surface area contributed by atoms with Gasteiger partial charge in [0.2, 0.25) is 5.91 Å². The Morgan fingerprint density at radius 1 is 0.931 bits per heavy atom. The molecule has 0 N–H and O–H groups in total. The molecule has 5 heteroatoms. The number of likely N-dealkylation sites (N-methyl/N-ethyl adjacent to an activating group) is 1. The summed E-state index contributed by atoms with van der Waals surface area (Å²) < 4.78 is 0. The molecule has 3 aromatic rings. The first kappa shape index (κ1) is 19.3. The topological polar surface area (TPSA) is 49.3 Å². The third-order valence-corrected chi connectivity index (χ3v) is 5.49. The molecule has 1 amide bonds. The van der Waals surface area contributed by atoms with Gasteiger partial charge in [-0.3, -0.25) is 19.7 Å². The van der Waals surface area contributed by atoms with Crippen molar-refractivity contribution in [2.45, 2.75) is 13.0 Å². The van der Waals surface area contributed by atoms with E-state index in [1.54, 1.807) is 12.4 Å². The lowest BCUT2D eigenvalue weighted by molar-refractivity contribution is -0.133.